The number of unbranched alkanes of at least 4 members (excludes halogenated alkanes) is 2. The van der Waals surface area contributed by atoms with Crippen LogP contribution in [0.3, 0.4) is 0 Å². The molecule has 1 aromatic rings. The summed E-state index contributed by atoms with van der Waals surface area (Å²) in [5, 5.41) is 6.02. The molecule has 3 nitrogen and oxygen atoms in total. The molecule has 0 heterocycles. The first-order chi connectivity index (χ1) is 8.63. The Labute approximate surface area is 117 Å². The number of halogens is 1. The van der Waals surface area contributed by atoms with Crippen molar-refractivity contribution in [2.45, 2.75) is 33.1 Å². The lowest BCUT2D eigenvalue weighted by Crippen LogP contribution is -2.28. The molecule has 0 spiro atoms. The lowest BCUT2D eigenvalue weighted by atomic mass is 10.2. The molecular weight excluding hydrogens is 292 g/mol. The molecule has 0 unspecified atom stereocenters. The number of anilines is 1. The molecule has 0 aliphatic carbocycles. The number of carbonyl (C=O) groups is 1. The quantitative estimate of drug-likeness (QED) is 0.757. The molecule has 0 fully saturated rings. The fourth-order valence-electron chi connectivity index (χ4n) is 1.62. The Hall–Kier alpha value is -0.870. The molecule has 0 aliphatic heterocycles. The summed E-state index contributed by atoms with van der Waals surface area (Å²) in [6.07, 6.45) is 3.53. The highest BCUT2D eigenvalue weighted by Crippen LogP contribution is 2.23. The van der Waals surface area contributed by atoms with E-state index in [1.54, 1.807) is 0 Å². The van der Waals surface area contributed by atoms with Crippen LogP contribution >= 0.6 is 15.9 Å². The van der Waals surface area contributed by atoms with E-state index in [0.717, 1.165) is 28.7 Å². The molecule has 0 bridgehead atoms. The van der Waals surface area contributed by atoms with Crippen LogP contribution in [-0.4, -0.2) is 19.0 Å². The Morgan fingerprint density at radius 3 is 2.78 bits per heavy atom. The van der Waals surface area contributed by atoms with Crippen molar-refractivity contribution in [3.63, 3.8) is 0 Å². The van der Waals surface area contributed by atoms with Crippen molar-refractivity contribution < 1.29 is 4.79 Å². The second-order valence-electron chi connectivity index (χ2n) is 4.42. The van der Waals surface area contributed by atoms with Crippen molar-refractivity contribution in [2.24, 2.45) is 0 Å². The monoisotopic (exact) mass is 312 g/mol. The van der Waals surface area contributed by atoms with Crippen LogP contribution in [0, 0.1) is 6.92 Å². The van der Waals surface area contributed by atoms with E-state index in [-0.39, 0.29) is 5.91 Å². The van der Waals surface area contributed by atoms with Crippen LogP contribution < -0.4 is 10.6 Å². The second-order valence-corrected chi connectivity index (χ2v) is 5.27. The van der Waals surface area contributed by atoms with Crippen LogP contribution in [0.4, 0.5) is 5.69 Å². The zero-order chi connectivity index (χ0) is 13.4. The van der Waals surface area contributed by atoms with E-state index in [1.807, 2.05) is 25.1 Å². The standard InChI is InChI=1S/C14H21BrN2O/c1-3-4-5-8-16-10-14(18)17-13-7-6-11(2)9-12(13)15/h6-7,9,16H,3-5,8,10H2,1-2H3,(H,17,18). The maximum atomic E-state index is 11.7. The average Bonchev–Trinajstić information content (AvgIpc) is 2.32. The zero-order valence-electron chi connectivity index (χ0n) is 11.1. The molecule has 1 rings (SSSR count). The van der Waals surface area contributed by atoms with E-state index in [1.165, 1.54) is 12.8 Å². The van der Waals surface area contributed by atoms with E-state index < -0.39 is 0 Å². The first-order valence-corrected chi connectivity index (χ1v) is 7.19. The van der Waals surface area contributed by atoms with Gasteiger partial charge in [-0.3, -0.25) is 4.79 Å². The Balaban J connectivity index is 2.31. The van der Waals surface area contributed by atoms with Crippen LogP contribution in [0.1, 0.15) is 31.7 Å². The van der Waals surface area contributed by atoms with Crippen LogP contribution in [0.2, 0.25) is 0 Å². The molecule has 0 saturated carbocycles. The fraction of sp³-hybridized carbons (Fsp3) is 0.500. The first kappa shape index (κ1) is 15.2. The van der Waals surface area contributed by atoms with E-state index in [0.29, 0.717) is 6.54 Å². The summed E-state index contributed by atoms with van der Waals surface area (Å²) in [6.45, 7) is 5.45. The van der Waals surface area contributed by atoms with Crippen molar-refractivity contribution >= 4 is 27.5 Å². The molecule has 0 aromatic heterocycles. The van der Waals surface area contributed by atoms with Crippen molar-refractivity contribution in [1.82, 2.24) is 5.32 Å². The normalized spacial score (nSPS) is 10.4. The molecule has 2 N–H and O–H groups in total. The third-order valence-electron chi connectivity index (χ3n) is 2.64. The molecular formula is C14H21BrN2O. The second kappa shape index (κ2) is 8.27. The van der Waals surface area contributed by atoms with Gasteiger partial charge < -0.3 is 10.6 Å². The number of hydrogen-bond acceptors (Lipinski definition) is 2. The van der Waals surface area contributed by atoms with Gasteiger partial charge in [-0.1, -0.05) is 25.8 Å². The SMILES string of the molecule is CCCCCNCC(=O)Nc1ccc(C)cc1Br. The van der Waals surface area contributed by atoms with E-state index >= 15 is 0 Å². The third-order valence-corrected chi connectivity index (χ3v) is 3.30. The van der Waals surface area contributed by atoms with Crippen molar-refractivity contribution in [1.29, 1.82) is 0 Å². The highest BCUT2D eigenvalue weighted by atomic mass is 79.9. The average molecular weight is 313 g/mol. The number of nitrogens with one attached hydrogen (secondary N) is 2. The number of benzene rings is 1. The van der Waals surface area contributed by atoms with Gasteiger partial charge in [0.2, 0.25) is 5.91 Å². The summed E-state index contributed by atoms with van der Waals surface area (Å²) < 4.78 is 0.918. The number of aryl methyl sites for hydroxylation is 1. The van der Waals surface area contributed by atoms with Crippen LogP contribution in [0.5, 0.6) is 0 Å². The minimum atomic E-state index is -0.00366. The minimum Gasteiger partial charge on any atom is -0.324 e. The van der Waals surface area contributed by atoms with Gasteiger partial charge in [-0.05, 0) is 53.5 Å². The van der Waals surface area contributed by atoms with Gasteiger partial charge in [-0.25, -0.2) is 0 Å². The Morgan fingerprint density at radius 1 is 1.33 bits per heavy atom. The van der Waals surface area contributed by atoms with E-state index in [2.05, 4.69) is 33.5 Å². The zero-order valence-corrected chi connectivity index (χ0v) is 12.6. The van der Waals surface area contributed by atoms with Gasteiger partial charge in [0, 0.05) is 4.47 Å². The molecule has 1 amide bonds. The van der Waals surface area contributed by atoms with Gasteiger partial charge in [0.25, 0.3) is 0 Å². The van der Waals surface area contributed by atoms with Gasteiger partial charge in [-0.2, -0.15) is 0 Å². The van der Waals surface area contributed by atoms with Gasteiger partial charge in [-0.15, -0.1) is 0 Å². The first-order valence-electron chi connectivity index (χ1n) is 6.40. The Kier molecular flexibility index (Phi) is 6.98. The van der Waals surface area contributed by atoms with Gasteiger partial charge in [0.1, 0.15) is 0 Å². The summed E-state index contributed by atoms with van der Waals surface area (Å²) in [7, 11) is 0. The summed E-state index contributed by atoms with van der Waals surface area (Å²) in [4.78, 5) is 11.7. The Morgan fingerprint density at radius 2 is 2.11 bits per heavy atom. The Bertz CT molecular complexity index is 393. The third kappa shape index (κ3) is 5.65. The van der Waals surface area contributed by atoms with Crippen molar-refractivity contribution in [2.75, 3.05) is 18.4 Å². The molecule has 0 atom stereocenters. The van der Waals surface area contributed by atoms with E-state index in [4.69, 9.17) is 0 Å². The maximum absolute atomic E-state index is 11.7. The summed E-state index contributed by atoms with van der Waals surface area (Å²) in [6, 6.07) is 5.88. The minimum absolute atomic E-state index is 0.00366. The van der Waals surface area contributed by atoms with Crippen molar-refractivity contribution in [3.8, 4) is 0 Å². The molecule has 4 heteroatoms. The summed E-state index contributed by atoms with van der Waals surface area (Å²) in [5.41, 5.74) is 1.98. The predicted molar refractivity (Wildman–Crippen MR) is 79.9 cm³/mol. The molecule has 0 radical (unpaired) electrons. The smallest absolute Gasteiger partial charge is 0.238 e. The van der Waals surface area contributed by atoms with Crippen molar-refractivity contribution in [3.05, 3.63) is 28.2 Å². The molecule has 0 saturated heterocycles. The van der Waals surface area contributed by atoms with Gasteiger partial charge >= 0.3 is 0 Å². The maximum Gasteiger partial charge on any atom is 0.238 e. The summed E-state index contributed by atoms with van der Waals surface area (Å²) >= 11 is 3.44. The highest BCUT2D eigenvalue weighted by Gasteiger charge is 2.04. The highest BCUT2D eigenvalue weighted by molar-refractivity contribution is 9.10. The predicted octanol–water partition coefficient (Wildman–Crippen LogP) is 3.48. The van der Waals surface area contributed by atoms with Crippen LogP contribution in [0.15, 0.2) is 22.7 Å². The number of rotatable bonds is 7. The molecule has 100 valence electrons. The lowest BCUT2D eigenvalue weighted by Gasteiger charge is -2.09. The van der Waals surface area contributed by atoms with Gasteiger partial charge in [0.05, 0.1) is 12.2 Å². The van der Waals surface area contributed by atoms with E-state index in [9.17, 15) is 4.79 Å². The summed E-state index contributed by atoms with van der Waals surface area (Å²) in [5.74, 6) is -0.00366. The molecule has 1 aromatic carbocycles. The number of amides is 1. The number of carbonyl (C=O) groups excluding carboxylic acids is 1. The van der Waals surface area contributed by atoms with Crippen LogP contribution in [0.25, 0.3) is 0 Å². The van der Waals surface area contributed by atoms with Crippen LogP contribution in [-0.2, 0) is 4.79 Å². The van der Waals surface area contributed by atoms with Gasteiger partial charge in [0.15, 0.2) is 0 Å². The topological polar surface area (TPSA) is 41.1 Å². The molecule has 0 aliphatic rings. The molecule has 18 heavy (non-hydrogen) atoms. The number of hydrogen-bond donors (Lipinski definition) is 2. The fourth-order valence-corrected chi connectivity index (χ4v) is 2.21. The largest absolute Gasteiger partial charge is 0.324 e. The lowest BCUT2D eigenvalue weighted by molar-refractivity contribution is -0.115.